The fourth-order valence-corrected chi connectivity index (χ4v) is 7.57. The highest BCUT2D eigenvalue weighted by Crippen LogP contribution is 2.38. The molecule has 39 heavy (non-hydrogen) atoms. The summed E-state index contributed by atoms with van der Waals surface area (Å²) in [5.74, 6) is 0. The van der Waals surface area contributed by atoms with Gasteiger partial charge in [0.05, 0.1) is 22.1 Å². The van der Waals surface area contributed by atoms with Gasteiger partial charge in [-0.3, -0.25) is 9.13 Å². The van der Waals surface area contributed by atoms with Gasteiger partial charge in [-0.2, -0.15) is 0 Å². The molecule has 10 nitrogen and oxygen atoms in total. The standard InChI is InChI=1S/C27H32BrN5O5S/c1-26(2,3)38-24(34)30-27(4)13-11-17(12-14-27)32-22-19-15-21(28)33(39(36,37)18-9-7-6-8-10-18)23(19)29-16-20(22)31(5)25(32)35/h6-10,15-17H,11-14H2,1-5H3,(H,30,34)/i5D3. The number of rotatable bonds is 4. The van der Waals surface area contributed by atoms with Crippen molar-refractivity contribution in [3.05, 3.63) is 57.7 Å². The van der Waals surface area contributed by atoms with Crippen LogP contribution >= 0.6 is 15.9 Å². The van der Waals surface area contributed by atoms with E-state index in [1.807, 2.05) is 6.92 Å². The highest BCUT2D eigenvalue weighted by molar-refractivity contribution is 9.10. The van der Waals surface area contributed by atoms with Crippen molar-refractivity contribution in [2.24, 2.45) is 6.98 Å². The number of carbonyl (C=O) groups is 1. The molecule has 0 radical (unpaired) electrons. The highest BCUT2D eigenvalue weighted by Gasteiger charge is 2.36. The number of benzene rings is 1. The monoisotopic (exact) mass is 620 g/mol. The topological polar surface area (TPSA) is 117 Å². The van der Waals surface area contributed by atoms with Crippen LogP contribution in [0.2, 0.25) is 0 Å². The third kappa shape index (κ3) is 4.88. The van der Waals surface area contributed by atoms with Gasteiger partial charge in [0.2, 0.25) is 0 Å². The van der Waals surface area contributed by atoms with Crippen molar-refractivity contribution >= 4 is 54.1 Å². The summed E-state index contributed by atoms with van der Waals surface area (Å²) in [5.41, 5.74) is -1.55. The van der Waals surface area contributed by atoms with Crippen LogP contribution in [0, 0.1) is 0 Å². The average Bonchev–Trinajstić information content (AvgIpc) is 3.37. The molecule has 1 N–H and O–H groups in total. The molecule has 1 fully saturated rings. The molecule has 3 aromatic heterocycles. The number of alkyl carbamates (subject to hydrolysis) is 1. The number of hydrogen-bond acceptors (Lipinski definition) is 6. The second-order valence-electron chi connectivity index (χ2n) is 11.2. The van der Waals surface area contributed by atoms with E-state index in [1.54, 1.807) is 45.0 Å². The lowest BCUT2D eigenvalue weighted by molar-refractivity contribution is 0.0427. The zero-order valence-corrected chi connectivity index (χ0v) is 24.5. The Balaban J connectivity index is 1.63. The Hall–Kier alpha value is -3.12. The van der Waals surface area contributed by atoms with Gasteiger partial charge in [0, 0.05) is 28.1 Å². The first-order valence-electron chi connectivity index (χ1n) is 14.1. The van der Waals surface area contributed by atoms with Crippen molar-refractivity contribution < 1.29 is 22.1 Å². The zero-order valence-electron chi connectivity index (χ0n) is 25.1. The Labute approximate surface area is 239 Å². The number of amides is 1. The Bertz CT molecular complexity index is 1850. The predicted octanol–water partition coefficient (Wildman–Crippen LogP) is 5.09. The van der Waals surface area contributed by atoms with Crippen LogP contribution in [0.3, 0.4) is 0 Å². The van der Waals surface area contributed by atoms with Crippen molar-refractivity contribution in [1.82, 2.24) is 23.4 Å². The van der Waals surface area contributed by atoms with Crippen LogP contribution in [-0.4, -0.2) is 43.7 Å². The van der Waals surface area contributed by atoms with Gasteiger partial charge in [0.1, 0.15) is 10.2 Å². The molecule has 12 heteroatoms. The largest absolute Gasteiger partial charge is 0.444 e. The average molecular weight is 622 g/mol. The van der Waals surface area contributed by atoms with E-state index in [4.69, 9.17) is 8.85 Å². The van der Waals surface area contributed by atoms with E-state index in [2.05, 4.69) is 26.2 Å². The molecular weight excluding hydrogens is 586 g/mol. The maximum absolute atomic E-state index is 13.8. The zero-order chi connectivity index (χ0) is 30.8. The van der Waals surface area contributed by atoms with Crippen LogP contribution in [0.4, 0.5) is 4.79 Å². The quantitative estimate of drug-likeness (QED) is 0.340. The van der Waals surface area contributed by atoms with Crippen LogP contribution in [0.1, 0.15) is 63.5 Å². The molecular formula is C27H32BrN5O5S. The second-order valence-corrected chi connectivity index (χ2v) is 13.8. The van der Waals surface area contributed by atoms with E-state index in [0.717, 1.165) is 8.54 Å². The molecule has 208 valence electrons. The van der Waals surface area contributed by atoms with Crippen LogP contribution in [0.5, 0.6) is 0 Å². The van der Waals surface area contributed by atoms with Gasteiger partial charge >= 0.3 is 11.8 Å². The van der Waals surface area contributed by atoms with Crippen molar-refractivity contribution in [2.75, 3.05) is 0 Å². The number of halogens is 1. The SMILES string of the molecule is [2H]C([2H])([2H])n1c(=O)n(C2CCC(C)(NC(=O)OC(C)(C)C)CC2)c2c3cc(Br)n(S(=O)(=O)c4ccccc4)c3ncc21. The van der Waals surface area contributed by atoms with E-state index < -0.39 is 46.0 Å². The van der Waals surface area contributed by atoms with Gasteiger partial charge < -0.3 is 10.1 Å². The van der Waals surface area contributed by atoms with Gasteiger partial charge in [-0.05, 0) is 87.5 Å². The normalized spacial score (nSPS) is 21.9. The number of carbonyl (C=O) groups excluding carboxylic acids is 1. The minimum atomic E-state index is -4.08. The number of aryl methyl sites for hydroxylation is 1. The number of ether oxygens (including phenoxy) is 1. The molecule has 1 saturated carbocycles. The minimum absolute atomic E-state index is 0.0478. The summed E-state index contributed by atoms with van der Waals surface area (Å²) in [6, 6.07) is 9.01. The lowest BCUT2D eigenvalue weighted by atomic mass is 9.80. The second kappa shape index (κ2) is 9.51. The predicted molar refractivity (Wildman–Crippen MR) is 152 cm³/mol. The smallest absolute Gasteiger partial charge is 0.408 e. The molecule has 0 bridgehead atoms. The summed E-state index contributed by atoms with van der Waals surface area (Å²) in [4.78, 5) is 30.7. The summed E-state index contributed by atoms with van der Waals surface area (Å²) in [5, 5.41) is 3.27. The van der Waals surface area contributed by atoms with E-state index >= 15 is 0 Å². The number of nitrogens with zero attached hydrogens (tertiary/aromatic N) is 4. The van der Waals surface area contributed by atoms with Crippen molar-refractivity contribution in [3.63, 3.8) is 0 Å². The molecule has 1 aliphatic carbocycles. The van der Waals surface area contributed by atoms with Crippen molar-refractivity contribution in [1.29, 1.82) is 0 Å². The first kappa shape index (κ1) is 23.7. The number of nitrogens with one attached hydrogen (secondary N) is 1. The van der Waals surface area contributed by atoms with Crippen LogP contribution in [0.25, 0.3) is 22.1 Å². The molecule has 1 amide bonds. The number of fused-ring (bicyclic) bond motifs is 3. The third-order valence-electron chi connectivity index (χ3n) is 7.08. The lowest BCUT2D eigenvalue weighted by Gasteiger charge is -2.38. The summed E-state index contributed by atoms with van der Waals surface area (Å²) >= 11 is 3.36. The Morgan fingerprint density at radius 3 is 2.51 bits per heavy atom. The molecule has 5 rings (SSSR count). The van der Waals surface area contributed by atoms with E-state index in [-0.39, 0.29) is 26.2 Å². The van der Waals surface area contributed by atoms with E-state index in [0.29, 0.717) is 31.1 Å². The fourth-order valence-electron chi connectivity index (χ4n) is 5.23. The Morgan fingerprint density at radius 1 is 1.23 bits per heavy atom. The van der Waals surface area contributed by atoms with Gasteiger partial charge in [0.15, 0.2) is 5.65 Å². The molecule has 1 aromatic carbocycles. The van der Waals surface area contributed by atoms with Gasteiger partial charge in [0.25, 0.3) is 10.0 Å². The summed E-state index contributed by atoms with van der Waals surface area (Å²) in [6.07, 6.45) is 2.64. The third-order valence-corrected chi connectivity index (χ3v) is 9.62. The number of imidazole rings is 1. The molecule has 0 saturated heterocycles. The molecule has 0 unspecified atom stereocenters. The fraction of sp³-hybridized carbons (Fsp3) is 0.444. The van der Waals surface area contributed by atoms with Gasteiger partial charge in [-0.1, -0.05) is 18.2 Å². The molecule has 1 aliphatic rings. The molecule has 3 heterocycles. The van der Waals surface area contributed by atoms with Crippen LogP contribution in [-0.2, 0) is 21.7 Å². The maximum atomic E-state index is 13.8. The number of hydrogen-bond donors (Lipinski definition) is 1. The first-order valence-corrected chi connectivity index (χ1v) is 14.8. The highest BCUT2D eigenvalue weighted by atomic mass is 79.9. The van der Waals surface area contributed by atoms with Crippen molar-refractivity contribution in [3.8, 4) is 0 Å². The molecule has 0 spiro atoms. The molecule has 0 atom stereocenters. The van der Waals surface area contributed by atoms with Crippen LogP contribution < -0.4 is 11.0 Å². The van der Waals surface area contributed by atoms with Crippen LogP contribution in [0.15, 0.2) is 56.9 Å². The van der Waals surface area contributed by atoms with Gasteiger partial charge in [-0.25, -0.2) is 27.0 Å². The number of aromatic nitrogens is 4. The number of pyridine rings is 1. The van der Waals surface area contributed by atoms with E-state index in [1.165, 1.54) is 22.9 Å². The maximum Gasteiger partial charge on any atom is 0.408 e. The molecule has 4 aromatic rings. The summed E-state index contributed by atoms with van der Waals surface area (Å²) in [6.45, 7) is 4.46. The van der Waals surface area contributed by atoms with Gasteiger partial charge in [-0.15, -0.1) is 0 Å². The first-order chi connectivity index (χ1) is 19.4. The lowest BCUT2D eigenvalue weighted by Crippen LogP contribution is -2.50. The van der Waals surface area contributed by atoms with Crippen molar-refractivity contribution in [2.45, 2.75) is 75.5 Å². The summed E-state index contributed by atoms with van der Waals surface area (Å²) in [7, 11) is -4.08. The Kier molecular flexibility index (Phi) is 5.79. The van der Waals surface area contributed by atoms with E-state index in [9.17, 15) is 18.0 Å². The minimum Gasteiger partial charge on any atom is -0.444 e. The molecule has 0 aliphatic heterocycles. The Morgan fingerprint density at radius 2 is 1.90 bits per heavy atom. The summed E-state index contributed by atoms with van der Waals surface area (Å²) < 4.78 is 60.3.